The van der Waals surface area contributed by atoms with Crippen molar-refractivity contribution in [1.82, 2.24) is 0 Å². The second-order valence-corrected chi connectivity index (χ2v) is 9.10. The van der Waals surface area contributed by atoms with E-state index in [-0.39, 0.29) is 6.61 Å². The molecule has 1 saturated heterocycles. The van der Waals surface area contributed by atoms with Gasteiger partial charge in [-0.25, -0.2) is 0 Å². The van der Waals surface area contributed by atoms with Crippen molar-refractivity contribution >= 4 is 0 Å². The van der Waals surface area contributed by atoms with Crippen LogP contribution in [0.5, 0.6) is 0 Å². The SMILES string of the molecule is NCCCCCCCCCCCCCCCCCCC1O[C@H](CO)[C@@H](O)[C@H](O)[C@@H]1O. The van der Waals surface area contributed by atoms with Crippen LogP contribution in [-0.4, -0.2) is 64.1 Å². The molecule has 0 aromatic rings. The van der Waals surface area contributed by atoms with Gasteiger partial charge in [0.15, 0.2) is 0 Å². The van der Waals surface area contributed by atoms with Crippen LogP contribution in [0.2, 0.25) is 0 Å². The minimum absolute atomic E-state index is 0.351. The summed E-state index contributed by atoms with van der Waals surface area (Å²) in [6.45, 7) is 0.485. The first kappa shape index (κ1) is 27.8. The minimum Gasteiger partial charge on any atom is -0.394 e. The molecule has 0 aromatic heterocycles. The van der Waals surface area contributed by atoms with Crippen LogP contribution in [-0.2, 0) is 4.74 Å². The van der Waals surface area contributed by atoms with Gasteiger partial charge in [-0.1, -0.05) is 96.3 Å². The number of unbranched alkanes of at least 4 members (excludes halogenated alkanes) is 15. The number of ether oxygens (including phenoxy) is 1. The molecule has 0 aromatic carbocycles. The van der Waals surface area contributed by atoms with Crippen molar-refractivity contribution in [2.75, 3.05) is 13.2 Å². The third-order valence-electron chi connectivity index (χ3n) is 6.43. The van der Waals surface area contributed by atoms with Crippen LogP contribution in [0.25, 0.3) is 0 Å². The number of aliphatic hydroxyl groups excluding tert-OH is 4. The predicted octanol–water partition coefficient (Wildman–Crippen LogP) is 3.42. The van der Waals surface area contributed by atoms with E-state index in [1.807, 2.05) is 0 Å². The van der Waals surface area contributed by atoms with Crippen LogP contribution in [0, 0.1) is 0 Å². The Labute approximate surface area is 184 Å². The van der Waals surface area contributed by atoms with Crippen molar-refractivity contribution in [2.24, 2.45) is 5.73 Å². The highest BCUT2D eigenvalue weighted by Crippen LogP contribution is 2.25. The molecule has 0 spiro atoms. The lowest BCUT2D eigenvalue weighted by atomic mass is 9.92. The minimum atomic E-state index is -1.25. The van der Waals surface area contributed by atoms with Crippen LogP contribution in [0.15, 0.2) is 0 Å². The molecule has 180 valence electrons. The summed E-state index contributed by atoms with van der Waals surface area (Å²) in [5.41, 5.74) is 5.50. The average molecular weight is 432 g/mol. The summed E-state index contributed by atoms with van der Waals surface area (Å²) in [6, 6.07) is 0. The predicted molar refractivity (Wildman–Crippen MR) is 121 cm³/mol. The molecule has 0 amide bonds. The van der Waals surface area contributed by atoms with Gasteiger partial charge >= 0.3 is 0 Å². The second-order valence-electron chi connectivity index (χ2n) is 9.10. The van der Waals surface area contributed by atoms with E-state index in [0.29, 0.717) is 6.42 Å². The first-order chi connectivity index (χ1) is 14.6. The molecular weight excluding hydrogens is 382 g/mol. The highest BCUT2D eigenvalue weighted by Gasteiger charge is 2.42. The number of aliphatic hydroxyl groups is 4. The zero-order valence-electron chi connectivity index (χ0n) is 19.1. The van der Waals surface area contributed by atoms with Gasteiger partial charge in [-0.3, -0.25) is 0 Å². The first-order valence-electron chi connectivity index (χ1n) is 12.6. The lowest BCUT2D eigenvalue weighted by Gasteiger charge is -2.40. The smallest absolute Gasteiger partial charge is 0.111 e. The fourth-order valence-corrected chi connectivity index (χ4v) is 4.38. The fourth-order valence-electron chi connectivity index (χ4n) is 4.38. The van der Waals surface area contributed by atoms with Crippen LogP contribution in [0.3, 0.4) is 0 Å². The molecular formula is C24H49NO5. The molecule has 30 heavy (non-hydrogen) atoms. The fraction of sp³-hybridized carbons (Fsp3) is 1.00. The van der Waals surface area contributed by atoms with Crippen molar-refractivity contribution in [1.29, 1.82) is 0 Å². The Kier molecular flexibility index (Phi) is 17.0. The van der Waals surface area contributed by atoms with Crippen molar-refractivity contribution in [3.63, 3.8) is 0 Å². The molecule has 0 saturated carbocycles. The maximum Gasteiger partial charge on any atom is 0.111 e. The van der Waals surface area contributed by atoms with Gasteiger partial charge in [0.25, 0.3) is 0 Å². The Balaban J connectivity index is 1.85. The van der Waals surface area contributed by atoms with Gasteiger partial charge in [-0.2, -0.15) is 0 Å². The van der Waals surface area contributed by atoms with E-state index in [1.165, 1.54) is 89.9 Å². The molecule has 6 heteroatoms. The molecule has 1 fully saturated rings. The lowest BCUT2D eigenvalue weighted by molar-refractivity contribution is -0.230. The van der Waals surface area contributed by atoms with Gasteiger partial charge in [0.2, 0.25) is 0 Å². The topological polar surface area (TPSA) is 116 Å². The van der Waals surface area contributed by atoms with Crippen molar-refractivity contribution in [3.05, 3.63) is 0 Å². The summed E-state index contributed by atoms with van der Waals surface area (Å²) in [6.07, 6.45) is 16.3. The Morgan fingerprint density at radius 1 is 0.500 bits per heavy atom. The average Bonchev–Trinajstić information content (AvgIpc) is 2.75. The van der Waals surface area contributed by atoms with Crippen LogP contribution in [0.4, 0.5) is 0 Å². The molecule has 1 aliphatic rings. The Morgan fingerprint density at radius 2 is 0.867 bits per heavy atom. The second kappa shape index (κ2) is 18.3. The number of hydrogen-bond acceptors (Lipinski definition) is 6. The summed E-state index contributed by atoms with van der Waals surface area (Å²) in [7, 11) is 0. The third-order valence-corrected chi connectivity index (χ3v) is 6.43. The largest absolute Gasteiger partial charge is 0.394 e. The van der Waals surface area contributed by atoms with E-state index in [0.717, 1.165) is 19.4 Å². The van der Waals surface area contributed by atoms with Gasteiger partial charge < -0.3 is 30.9 Å². The van der Waals surface area contributed by atoms with E-state index in [1.54, 1.807) is 0 Å². The van der Waals surface area contributed by atoms with Gasteiger partial charge in [0, 0.05) is 0 Å². The van der Waals surface area contributed by atoms with Crippen LogP contribution < -0.4 is 5.73 Å². The molecule has 1 rings (SSSR count). The normalized spacial score (nSPS) is 26.9. The molecule has 1 heterocycles. The van der Waals surface area contributed by atoms with Gasteiger partial charge in [-0.05, 0) is 19.4 Å². The third kappa shape index (κ3) is 12.0. The maximum atomic E-state index is 10.0. The van der Waals surface area contributed by atoms with Gasteiger partial charge in [-0.15, -0.1) is 0 Å². The molecule has 6 N–H and O–H groups in total. The molecule has 6 nitrogen and oxygen atoms in total. The maximum absolute atomic E-state index is 10.0. The number of rotatable bonds is 19. The first-order valence-corrected chi connectivity index (χ1v) is 12.6. The van der Waals surface area contributed by atoms with E-state index >= 15 is 0 Å². The summed E-state index contributed by atoms with van der Waals surface area (Å²) in [5, 5.41) is 38.9. The standard InChI is InChI=1S/C24H49NO5/c25-18-16-14-12-10-8-6-4-2-1-3-5-7-9-11-13-15-17-20-22(27)24(29)23(28)21(19-26)30-20/h20-24,26-29H,1-19,25H2/t20?,21-,22-,23-,24-/m1/s1. The number of nitrogens with two attached hydrogens (primary N) is 1. The Morgan fingerprint density at radius 3 is 1.27 bits per heavy atom. The van der Waals surface area contributed by atoms with Crippen molar-refractivity contribution < 1.29 is 25.2 Å². The van der Waals surface area contributed by atoms with E-state index in [2.05, 4.69) is 0 Å². The Bertz CT molecular complexity index is 383. The lowest BCUT2D eigenvalue weighted by Crippen LogP contribution is -2.58. The quantitative estimate of drug-likeness (QED) is 0.200. The molecule has 0 bridgehead atoms. The summed E-state index contributed by atoms with van der Waals surface area (Å²) in [4.78, 5) is 0. The zero-order chi connectivity index (χ0) is 22.0. The molecule has 5 atom stereocenters. The highest BCUT2D eigenvalue weighted by molar-refractivity contribution is 4.91. The van der Waals surface area contributed by atoms with E-state index < -0.39 is 30.5 Å². The van der Waals surface area contributed by atoms with Crippen molar-refractivity contribution in [3.8, 4) is 0 Å². The summed E-state index contributed by atoms with van der Waals surface area (Å²) < 4.78 is 5.54. The van der Waals surface area contributed by atoms with Gasteiger partial charge in [0.1, 0.15) is 24.4 Å². The molecule has 1 aliphatic heterocycles. The molecule has 1 unspecified atom stereocenters. The zero-order valence-corrected chi connectivity index (χ0v) is 19.1. The summed E-state index contributed by atoms with van der Waals surface area (Å²) in [5.74, 6) is 0. The Hall–Kier alpha value is -0.240. The monoisotopic (exact) mass is 431 g/mol. The van der Waals surface area contributed by atoms with Crippen LogP contribution >= 0.6 is 0 Å². The molecule has 0 radical (unpaired) electrons. The van der Waals surface area contributed by atoms with E-state index in [9.17, 15) is 20.4 Å². The highest BCUT2D eigenvalue weighted by atomic mass is 16.5. The van der Waals surface area contributed by atoms with Crippen molar-refractivity contribution in [2.45, 2.75) is 140 Å². The van der Waals surface area contributed by atoms with E-state index in [4.69, 9.17) is 10.5 Å². The van der Waals surface area contributed by atoms with Crippen LogP contribution in [0.1, 0.15) is 109 Å². The summed E-state index contributed by atoms with van der Waals surface area (Å²) >= 11 is 0. The number of hydrogen-bond donors (Lipinski definition) is 5. The molecule has 0 aliphatic carbocycles. The van der Waals surface area contributed by atoms with Gasteiger partial charge in [0.05, 0.1) is 12.7 Å².